The number of hydroxylamine groups is 1. The van der Waals surface area contributed by atoms with Crippen molar-refractivity contribution in [3.63, 3.8) is 0 Å². The number of hydrogen-bond donors (Lipinski definition) is 2. The van der Waals surface area contributed by atoms with E-state index in [0.29, 0.717) is 0 Å². The molecule has 0 aliphatic heterocycles. The van der Waals surface area contributed by atoms with Crippen LogP contribution in [-0.2, 0) is 17.0 Å². The van der Waals surface area contributed by atoms with E-state index < -0.39 is 16.9 Å². The number of hydrogen-bond acceptors (Lipinski definition) is 8. The first-order chi connectivity index (χ1) is 11.0. The number of nitrogens with one attached hydrogen (secondary N) is 1. The maximum atomic E-state index is 12.7. The molecule has 0 fully saturated rings. The number of nitrogens with zero attached hydrogens (tertiary/aromatic N) is 4. The molecule has 0 amide bonds. The lowest BCUT2D eigenvalue weighted by Gasteiger charge is -2.04. The molecule has 24 heavy (non-hydrogen) atoms. The lowest BCUT2D eigenvalue weighted by atomic mass is 10.2. The molecule has 9 nitrogen and oxygen atoms in total. The van der Waals surface area contributed by atoms with E-state index in [-0.39, 0.29) is 42.4 Å². The minimum Gasteiger partial charge on any atom is -0.290 e. The van der Waals surface area contributed by atoms with E-state index in [4.69, 9.17) is 5.21 Å². The molecule has 0 saturated heterocycles. The predicted octanol–water partition coefficient (Wildman–Crippen LogP) is 2.26. The molecule has 0 unspecified atom stereocenters. The molecule has 2 rings (SSSR count). The normalized spacial score (nSPS) is 11.1. The summed E-state index contributed by atoms with van der Waals surface area (Å²) < 4.78 is 53.8. The number of benzene rings is 1. The third-order valence-corrected chi connectivity index (χ3v) is 2.91. The van der Waals surface area contributed by atoms with Gasteiger partial charge in [-0.05, 0) is 17.3 Å². The second kappa shape index (κ2) is 8.79. The Balaban J connectivity index is 0.00000288. The zero-order valence-electron chi connectivity index (χ0n) is 11.2. The first kappa shape index (κ1) is 19.3. The monoisotopic (exact) mass is 361 g/mol. The van der Waals surface area contributed by atoms with Gasteiger partial charge in [-0.3, -0.25) is 10.7 Å². The lowest BCUT2D eigenvalue weighted by Crippen LogP contribution is -2.22. The van der Waals surface area contributed by atoms with Crippen LogP contribution in [0, 0.1) is 0 Å². The van der Waals surface area contributed by atoms with Gasteiger partial charge in [-0.15, -0.1) is 0 Å². The molecule has 1 aromatic carbocycles. The lowest BCUT2D eigenvalue weighted by molar-refractivity contribution is 0.151. The largest absolute Gasteiger partial charge is 0.311 e. The van der Waals surface area contributed by atoms with Gasteiger partial charge >= 0.3 is 10.5 Å². The molecule has 12 heteroatoms. The van der Waals surface area contributed by atoms with E-state index in [2.05, 4.69) is 24.3 Å². The van der Waals surface area contributed by atoms with Crippen LogP contribution >= 0.6 is 0 Å². The number of aromatic nitrogens is 2. The highest BCUT2D eigenvalue weighted by Gasteiger charge is 2.16. The van der Waals surface area contributed by atoms with Crippen molar-refractivity contribution in [2.45, 2.75) is 20.4 Å². The van der Waals surface area contributed by atoms with Crippen LogP contribution in [0.2, 0.25) is 0 Å². The van der Waals surface area contributed by atoms with Gasteiger partial charge in [-0.25, -0.2) is 18.4 Å². The van der Waals surface area contributed by atoms with Gasteiger partial charge in [0.2, 0.25) is 0 Å². The Kier molecular flexibility index (Phi) is 7.07. The molecule has 2 aromatic rings. The van der Waals surface area contributed by atoms with Crippen molar-refractivity contribution in [1.82, 2.24) is 15.8 Å². The average Bonchev–Trinajstić information content (AvgIpc) is 2.99. The minimum atomic E-state index is -2.68. The molecular formula is C12H13F2N5O4S. The van der Waals surface area contributed by atoms with E-state index in [1.54, 1.807) is 5.48 Å². The predicted molar refractivity (Wildman–Crippen MR) is 78.6 cm³/mol. The van der Waals surface area contributed by atoms with Gasteiger partial charge in [0.1, 0.15) is 12.2 Å². The van der Waals surface area contributed by atoms with E-state index >= 15 is 0 Å². The van der Waals surface area contributed by atoms with Crippen LogP contribution in [0.4, 0.5) is 14.5 Å². The van der Waals surface area contributed by atoms with Gasteiger partial charge in [0.25, 0.3) is 6.43 Å². The van der Waals surface area contributed by atoms with Crippen molar-refractivity contribution in [1.29, 1.82) is 0 Å². The molecule has 0 radical (unpaired) electrons. The van der Waals surface area contributed by atoms with Crippen molar-refractivity contribution in [3.05, 3.63) is 41.2 Å². The Morgan fingerprint density at radius 3 is 2.75 bits per heavy atom. The van der Waals surface area contributed by atoms with Crippen LogP contribution in [0.15, 0.2) is 38.2 Å². The maximum Gasteiger partial charge on any atom is 0.311 e. The summed E-state index contributed by atoms with van der Waals surface area (Å²) in [4.78, 5) is 3.91. The standard InChI is InChI=1S/C11H9F2N5O4S.CH4/c12-10(13)6-2-1-3-7(4-6)15-11(16-19)9-8(17-22-18-9)5-14-23(20)21;/h1-4,10,19H,5H2,(H,15,16);1H4. The highest BCUT2D eigenvalue weighted by Crippen LogP contribution is 2.23. The zero-order valence-corrected chi connectivity index (χ0v) is 12.0. The van der Waals surface area contributed by atoms with Gasteiger partial charge in [0.05, 0.1) is 5.69 Å². The topological polar surface area (TPSA) is 130 Å². The van der Waals surface area contributed by atoms with Crippen LogP contribution in [0.3, 0.4) is 0 Å². The van der Waals surface area contributed by atoms with Gasteiger partial charge in [0, 0.05) is 5.56 Å². The number of halogens is 2. The molecule has 0 atom stereocenters. The van der Waals surface area contributed by atoms with Crippen molar-refractivity contribution in [2.75, 3.05) is 0 Å². The van der Waals surface area contributed by atoms with Crippen LogP contribution in [-0.4, -0.2) is 29.8 Å². The Morgan fingerprint density at radius 1 is 1.38 bits per heavy atom. The number of rotatable bonds is 5. The highest BCUT2D eigenvalue weighted by molar-refractivity contribution is 7.61. The van der Waals surface area contributed by atoms with Crippen LogP contribution in [0.25, 0.3) is 0 Å². The van der Waals surface area contributed by atoms with Gasteiger partial charge in [-0.2, -0.15) is 12.8 Å². The number of amidine groups is 1. The summed E-state index contributed by atoms with van der Waals surface area (Å²) >= 11 is 0. The molecular weight excluding hydrogens is 348 g/mol. The first-order valence-corrected chi connectivity index (χ1v) is 7.00. The highest BCUT2D eigenvalue weighted by atomic mass is 32.2. The summed E-state index contributed by atoms with van der Waals surface area (Å²) in [5.74, 6) is -0.264. The summed E-state index contributed by atoms with van der Waals surface area (Å²) in [5, 5.41) is 16.1. The van der Waals surface area contributed by atoms with E-state index in [9.17, 15) is 17.2 Å². The quantitative estimate of drug-likeness (QED) is 0.474. The van der Waals surface area contributed by atoms with Gasteiger partial charge in [-0.1, -0.05) is 24.7 Å². The molecule has 1 aromatic heterocycles. The second-order valence-electron chi connectivity index (χ2n) is 4.03. The number of aliphatic imine (C=N–C) groups is 1. The summed E-state index contributed by atoms with van der Waals surface area (Å²) in [6.45, 7) is -0.382. The second-order valence-corrected chi connectivity index (χ2v) is 4.72. The van der Waals surface area contributed by atoms with Crippen molar-refractivity contribution in [3.8, 4) is 0 Å². The summed E-state index contributed by atoms with van der Waals surface area (Å²) in [7, 11) is -2.66. The van der Waals surface area contributed by atoms with Crippen molar-refractivity contribution < 1.29 is 27.0 Å². The molecule has 0 spiro atoms. The molecule has 0 aliphatic carbocycles. The van der Waals surface area contributed by atoms with Crippen LogP contribution in [0.5, 0.6) is 0 Å². The fourth-order valence-electron chi connectivity index (χ4n) is 1.59. The fourth-order valence-corrected chi connectivity index (χ4v) is 1.82. The molecule has 2 N–H and O–H groups in total. The Labute approximate surface area is 136 Å². The van der Waals surface area contributed by atoms with Gasteiger partial charge < -0.3 is 0 Å². The fraction of sp³-hybridized carbons (Fsp3) is 0.250. The molecule has 0 bridgehead atoms. The van der Waals surface area contributed by atoms with E-state index in [1.807, 2.05) is 0 Å². The first-order valence-electron chi connectivity index (χ1n) is 5.97. The van der Waals surface area contributed by atoms with Crippen molar-refractivity contribution in [2.24, 2.45) is 9.36 Å². The molecule has 0 saturated carbocycles. The molecule has 0 aliphatic rings. The Morgan fingerprint density at radius 2 is 2.12 bits per heavy atom. The Bertz CT molecular complexity index is 843. The van der Waals surface area contributed by atoms with E-state index in [1.165, 1.54) is 18.2 Å². The van der Waals surface area contributed by atoms with Crippen LogP contribution in [0.1, 0.15) is 30.8 Å². The summed E-state index contributed by atoms with van der Waals surface area (Å²) in [6, 6.07) is 5.13. The maximum absolute atomic E-state index is 12.7. The van der Waals surface area contributed by atoms with Crippen molar-refractivity contribution >= 4 is 22.0 Å². The molecule has 130 valence electrons. The number of alkyl halides is 2. The smallest absolute Gasteiger partial charge is 0.290 e. The summed E-state index contributed by atoms with van der Waals surface area (Å²) in [6.07, 6.45) is -2.68. The zero-order chi connectivity index (χ0) is 16.8. The van der Waals surface area contributed by atoms with Crippen LogP contribution < -0.4 is 5.48 Å². The third kappa shape index (κ3) is 4.89. The average molecular weight is 361 g/mol. The SMILES string of the molecule is C.O=S(=O)=NCc1nonc1C(=Nc1cccc(C(F)F)c1)NO. The molecule has 1 heterocycles. The van der Waals surface area contributed by atoms with Gasteiger partial charge in [0.15, 0.2) is 11.5 Å². The summed E-state index contributed by atoms with van der Waals surface area (Å²) in [5.41, 5.74) is 1.47. The minimum absolute atomic E-state index is 0. The Hall–Kier alpha value is -2.73. The van der Waals surface area contributed by atoms with E-state index in [0.717, 1.165) is 6.07 Å². The third-order valence-electron chi connectivity index (χ3n) is 2.57.